The fourth-order valence-corrected chi connectivity index (χ4v) is 3.92. The second-order valence-corrected chi connectivity index (χ2v) is 7.38. The highest BCUT2D eigenvalue weighted by Gasteiger charge is 2.33. The minimum absolute atomic E-state index is 0.0351. The lowest BCUT2D eigenvalue weighted by molar-refractivity contribution is -0.128. The van der Waals surface area contributed by atoms with Gasteiger partial charge in [-0.1, -0.05) is 59.8 Å². The first-order valence-corrected chi connectivity index (χ1v) is 9.22. The zero-order valence-corrected chi connectivity index (χ0v) is 15.9. The maximum Gasteiger partial charge on any atom is 0.254 e. The monoisotopic (exact) mass is 367 g/mol. The van der Waals surface area contributed by atoms with E-state index in [0.717, 1.165) is 16.8 Å². The maximum absolute atomic E-state index is 12.7. The van der Waals surface area contributed by atoms with Gasteiger partial charge in [0, 0.05) is 14.1 Å². The third-order valence-corrected chi connectivity index (χ3v) is 5.31. The number of anilines is 1. The van der Waals surface area contributed by atoms with Gasteiger partial charge in [-0.25, -0.2) is 0 Å². The van der Waals surface area contributed by atoms with Crippen molar-refractivity contribution in [1.82, 2.24) is 4.90 Å². The van der Waals surface area contributed by atoms with Crippen molar-refractivity contribution in [3.8, 4) is 0 Å². The average Bonchev–Trinajstić information content (AvgIpc) is 3.01. The van der Waals surface area contributed by atoms with E-state index >= 15 is 0 Å². The molecular weight excluding hydrogens is 346 g/mol. The Bertz CT molecular complexity index is 832. The van der Waals surface area contributed by atoms with Gasteiger partial charge in [0.25, 0.3) is 5.91 Å². The molecule has 0 aliphatic carbocycles. The molecule has 0 saturated carbocycles. The minimum Gasteiger partial charge on any atom is -0.348 e. The molecule has 2 aromatic carbocycles. The summed E-state index contributed by atoms with van der Waals surface area (Å²) in [5.74, 6) is -0.118. The van der Waals surface area contributed by atoms with E-state index in [-0.39, 0.29) is 18.4 Å². The van der Waals surface area contributed by atoms with Crippen LogP contribution in [0, 0.1) is 6.92 Å². The summed E-state index contributed by atoms with van der Waals surface area (Å²) in [5, 5.41) is 0.103. The van der Waals surface area contributed by atoms with Gasteiger partial charge in [0.05, 0.1) is 5.69 Å². The molecule has 0 fully saturated rings. The Balaban J connectivity index is 1.91. The second-order valence-electron chi connectivity index (χ2n) is 6.30. The van der Waals surface area contributed by atoms with Crippen molar-refractivity contribution in [2.75, 3.05) is 25.5 Å². The molecule has 0 N–H and O–H groups in total. The summed E-state index contributed by atoms with van der Waals surface area (Å²) < 4.78 is 0. The Kier molecular flexibility index (Phi) is 5.42. The molecule has 1 atom stereocenters. The van der Waals surface area contributed by atoms with E-state index in [1.807, 2.05) is 61.5 Å². The molecule has 1 aliphatic heterocycles. The van der Waals surface area contributed by atoms with Gasteiger partial charge in [0.2, 0.25) is 5.91 Å². The van der Waals surface area contributed by atoms with E-state index < -0.39 is 5.25 Å². The summed E-state index contributed by atoms with van der Waals surface area (Å²) in [6.45, 7) is 2.11. The molecular formula is C20H21N3O2S. The lowest BCUT2D eigenvalue weighted by atomic mass is 10.1. The van der Waals surface area contributed by atoms with Crippen LogP contribution in [-0.2, 0) is 9.59 Å². The number of thioether (sulfide) groups is 1. The highest BCUT2D eigenvalue weighted by atomic mass is 32.2. The smallest absolute Gasteiger partial charge is 0.254 e. The molecule has 0 radical (unpaired) electrons. The number of hydrogen-bond donors (Lipinski definition) is 0. The fraction of sp³-hybridized carbons (Fsp3) is 0.250. The van der Waals surface area contributed by atoms with Gasteiger partial charge in [0.15, 0.2) is 5.17 Å². The molecule has 3 rings (SSSR count). The third kappa shape index (κ3) is 3.80. The van der Waals surface area contributed by atoms with E-state index in [1.54, 1.807) is 23.9 Å². The molecule has 134 valence electrons. The van der Waals surface area contributed by atoms with Crippen LogP contribution in [0.1, 0.15) is 16.4 Å². The average molecular weight is 367 g/mol. The molecule has 1 aliphatic rings. The zero-order chi connectivity index (χ0) is 18.7. The van der Waals surface area contributed by atoms with Crippen molar-refractivity contribution in [3.05, 3.63) is 65.7 Å². The Morgan fingerprint density at radius 1 is 1.12 bits per heavy atom. The number of benzene rings is 2. The largest absolute Gasteiger partial charge is 0.348 e. The van der Waals surface area contributed by atoms with Gasteiger partial charge in [-0.05, 0) is 24.6 Å². The van der Waals surface area contributed by atoms with Crippen molar-refractivity contribution >= 4 is 34.4 Å². The number of aryl methyl sites for hydroxylation is 1. The van der Waals surface area contributed by atoms with Crippen molar-refractivity contribution < 1.29 is 9.59 Å². The van der Waals surface area contributed by atoms with Gasteiger partial charge in [-0.15, -0.1) is 0 Å². The van der Waals surface area contributed by atoms with E-state index in [1.165, 1.54) is 11.8 Å². The number of carbonyl (C=O) groups is 2. The van der Waals surface area contributed by atoms with Crippen LogP contribution < -0.4 is 4.90 Å². The van der Waals surface area contributed by atoms with Gasteiger partial charge < -0.3 is 4.90 Å². The number of amides is 2. The van der Waals surface area contributed by atoms with Crippen molar-refractivity contribution in [1.29, 1.82) is 0 Å². The lowest BCUT2D eigenvalue weighted by Gasteiger charge is -2.24. The van der Waals surface area contributed by atoms with Crippen LogP contribution in [0.25, 0.3) is 0 Å². The highest BCUT2D eigenvalue weighted by molar-refractivity contribution is 8.15. The molecule has 6 heteroatoms. The first-order valence-electron chi connectivity index (χ1n) is 8.34. The molecule has 0 bridgehead atoms. The van der Waals surface area contributed by atoms with Crippen LogP contribution in [-0.4, -0.2) is 42.5 Å². The second kappa shape index (κ2) is 7.74. The predicted molar refractivity (Wildman–Crippen MR) is 106 cm³/mol. The molecule has 2 aromatic rings. The number of nitrogens with zero attached hydrogens (tertiary/aromatic N) is 3. The number of likely N-dealkylation sites (N-methyl/N-ethyl adjacent to an activating group) is 1. The van der Waals surface area contributed by atoms with Crippen LogP contribution in [0.4, 0.5) is 5.69 Å². The molecule has 1 heterocycles. The fourth-order valence-electron chi connectivity index (χ4n) is 2.65. The first-order chi connectivity index (χ1) is 12.5. The lowest BCUT2D eigenvalue weighted by Crippen LogP contribution is -2.33. The summed E-state index contributed by atoms with van der Waals surface area (Å²) in [4.78, 5) is 32.7. The molecule has 0 spiro atoms. The van der Waals surface area contributed by atoms with Crippen molar-refractivity contribution in [3.63, 3.8) is 0 Å². The number of rotatable bonds is 4. The third-order valence-electron chi connectivity index (χ3n) is 4.07. The van der Waals surface area contributed by atoms with Gasteiger partial charge in [-0.2, -0.15) is 0 Å². The Hall–Kier alpha value is -2.60. The number of hydrogen-bond acceptors (Lipinski definition) is 4. The van der Waals surface area contributed by atoms with E-state index in [9.17, 15) is 9.59 Å². The Morgan fingerprint density at radius 2 is 1.77 bits per heavy atom. The van der Waals surface area contributed by atoms with E-state index in [2.05, 4.69) is 4.99 Å². The van der Waals surface area contributed by atoms with Crippen LogP contribution in [0.15, 0.2) is 59.6 Å². The summed E-state index contributed by atoms with van der Waals surface area (Å²) in [6.07, 6.45) is 0. The standard InChI is InChI=1S/C20H21N3O2S/c1-14-9-11-16(12-10-14)23-17(24)13-21-20(23)26-18(19(25)22(2)3)15-7-5-4-6-8-15/h4-12,18H,13H2,1-3H3/t18-/m1/s1. The summed E-state index contributed by atoms with van der Waals surface area (Å²) in [7, 11) is 3.47. The SMILES string of the molecule is Cc1ccc(N2C(=O)CN=C2S[C@@H](C(=O)N(C)C)c2ccccc2)cc1. The van der Waals surface area contributed by atoms with Crippen molar-refractivity contribution in [2.45, 2.75) is 12.2 Å². The van der Waals surface area contributed by atoms with Crippen LogP contribution in [0.3, 0.4) is 0 Å². The number of aliphatic imine (C=N–C) groups is 1. The minimum atomic E-state index is -0.455. The topological polar surface area (TPSA) is 53.0 Å². The van der Waals surface area contributed by atoms with Gasteiger partial charge >= 0.3 is 0 Å². The quantitative estimate of drug-likeness (QED) is 0.833. The summed E-state index contributed by atoms with van der Waals surface area (Å²) >= 11 is 1.32. The van der Waals surface area contributed by atoms with Crippen LogP contribution >= 0.6 is 11.8 Å². The van der Waals surface area contributed by atoms with Crippen LogP contribution in [0.2, 0.25) is 0 Å². The van der Waals surface area contributed by atoms with Crippen LogP contribution in [0.5, 0.6) is 0 Å². The Labute approximate surface area is 157 Å². The van der Waals surface area contributed by atoms with E-state index in [4.69, 9.17) is 0 Å². The number of amidine groups is 1. The summed E-state index contributed by atoms with van der Waals surface area (Å²) in [6, 6.07) is 17.3. The van der Waals surface area contributed by atoms with Gasteiger partial charge in [-0.3, -0.25) is 19.5 Å². The first kappa shape index (κ1) is 18.2. The maximum atomic E-state index is 12.7. The van der Waals surface area contributed by atoms with Crippen molar-refractivity contribution in [2.24, 2.45) is 4.99 Å². The highest BCUT2D eigenvalue weighted by Crippen LogP contribution is 2.35. The molecule has 0 unspecified atom stereocenters. The van der Waals surface area contributed by atoms with E-state index in [0.29, 0.717) is 5.17 Å². The normalized spacial score (nSPS) is 15.0. The predicted octanol–water partition coefficient (Wildman–Crippen LogP) is 3.26. The number of carbonyl (C=O) groups excluding carboxylic acids is 2. The zero-order valence-electron chi connectivity index (χ0n) is 15.0. The molecule has 2 amide bonds. The van der Waals surface area contributed by atoms with Gasteiger partial charge in [0.1, 0.15) is 11.8 Å². The Morgan fingerprint density at radius 3 is 2.38 bits per heavy atom. The molecule has 26 heavy (non-hydrogen) atoms. The summed E-state index contributed by atoms with van der Waals surface area (Å²) in [5.41, 5.74) is 2.78. The molecule has 5 nitrogen and oxygen atoms in total. The molecule has 0 saturated heterocycles. The molecule has 0 aromatic heterocycles.